The zero-order chi connectivity index (χ0) is 17.8. The molecule has 2 aliphatic rings. The van der Waals surface area contributed by atoms with Crippen molar-refractivity contribution in [2.45, 2.75) is 63.5 Å². The molecule has 0 aromatic heterocycles. The molecule has 5 nitrogen and oxygen atoms in total. The van der Waals surface area contributed by atoms with Crippen molar-refractivity contribution in [1.82, 2.24) is 5.32 Å². The highest BCUT2D eigenvalue weighted by Gasteiger charge is 2.28. The molecule has 2 amide bonds. The largest absolute Gasteiger partial charge is 0.349 e. The van der Waals surface area contributed by atoms with Crippen LogP contribution in [0.4, 0.5) is 5.69 Å². The highest BCUT2D eigenvalue weighted by atomic mass is 35.5. The Labute approximate surface area is 165 Å². The van der Waals surface area contributed by atoms with E-state index >= 15 is 0 Å². The second-order valence-electron chi connectivity index (χ2n) is 7.26. The molecule has 1 aromatic carbocycles. The number of rotatable bonds is 4. The summed E-state index contributed by atoms with van der Waals surface area (Å²) in [5.74, 6) is -0.255. The van der Waals surface area contributed by atoms with Crippen LogP contribution in [0, 0.1) is 5.92 Å². The Kier molecular flexibility index (Phi) is 7.74. The van der Waals surface area contributed by atoms with Crippen molar-refractivity contribution in [3.05, 3.63) is 28.8 Å². The fourth-order valence-corrected chi connectivity index (χ4v) is 3.99. The molecule has 2 unspecified atom stereocenters. The Bertz CT molecular complexity index is 648. The molecule has 26 heavy (non-hydrogen) atoms. The average Bonchev–Trinajstić information content (AvgIpc) is 3.04. The van der Waals surface area contributed by atoms with Crippen LogP contribution in [0.25, 0.3) is 0 Å². The molecule has 2 saturated carbocycles. The second-order valence-corrected chi connectivity index (χ2v) is 7.67. The first kappa shape index (κ1) is 21.0. The van der Waals surface area contributed by atoms with E-state index in [0.29, 0.717) is 22.7 Å². The average molecular weight is 400 g/mol. The molecule has 0 spiro atoms. The van der Waals surface area contributed by atoms with Crippen molar-refractivity contribution in [3.63, 3.8) is 0 Å². The van der Waals surface area contributed by atoms with Gasteiger partial charge < -0.3 is 16.4 Å². The van der Waals surface area contributed by atoms with Crippen molar-refractivity contribution < 1.29 is 9.59 Å². The number of benzene rings is 1. The van der Waals surface area contributed by atoms with Crippen LogP contribution in [0.15, 0.2) is 18.2 Å². The van der Waals surface area contributed by atoms with Crippen molar-refractivity contribution in [2.24, 2.45) is 11.7 Å². The number of hydrogen-bond acceptors (Lipinski definition) is 3. The van der Waals surface area contributed by atoms with Crippen molar-refractivity contribution in [2.75, 3.05) is 5.32 Å². The molecule has 2 fully saturated rings. The van der Waals surface area contributed by atoms with Crippen LogP contribution >= 0.6 is 24.0 Å². The number of amides is 2. The lowest BCUT2D eigenvalue weighted by Crippen LogP contribution is -2.36. The number of nitrogens with one attached hydrogen (secondary N) is 2. The van der Waals surface area contributed by atoms with Crippen LogP contribution < -0.4 is 16.4 Å². The van der Waals surface area contributed by atoms with Crippen LogP contribution in [0.5, 0.6) is 0 Å². The van der Waals surface area contributed by atoms with E-state index in [1.165, 1.54) is 6.42 Å². The van der Waals surface area contributed by atoms with Crippen molar-refractivity contribution in [3.8, 4) is 0 Å². The predicted octanol–water partition coefficient (Wildman–Crippen LogP) is 3.89. The molecule has 0 radical (unpaired) electrons. The van der Waals surface area contributed by atoms with E-state index in [1.807, 2.05) is 0 Å². The standard InChI is InChI=1S/C19H26ClN3O2.ClH/c20-17-9-8-15(23-18(24)12-6-7-13(21)10-12)11-16(17)19(25)22-14-4-2-1-3-5-14;/h8-9,11-14H,1-7,10,21H2,(H,22,25)(H,23,24);1H. The first-order valence-corrected chi connectivity index (χ1v) is 9.57. The third-order valence-electron chi connectivity index (χ3n) is 5.26. The number of anilines is 1. The van der Waals surface area contributed by atoms with Gasteiger partial charge in [0.1, 0.15) is 0 Å². The summed E-state index contributed by atoms with van der Waals surface area (Å²) in [6, 6.07) is 5.38. The summed E-state index contributed by atoms with van der Waals surface area (Å²) in [6.45, 7) is 0. The molecule has 7 heteroatoms. The van der Waals surface area contributed by atoms with Gasteiger partial charge in [-0.15, -0.1) is 12.4 Å². The molecule has 4 N–H and O–H groups in total. The lowest BCUT2D eigenvalue weighted by atomic mass is 9.95. The van der Waals surface area contributed by atoms with Crippen LogP contribution in [-0.4, -0.2) is 23.9 Å². The molecule has 0 heterocycles. The Morgan fingerprint density at radius 3 is 2.46 bits per heavy atom. The van der Waals surface area contributed by atoms with Gasteiger partial charge in [0.2, 0.25) is 5.91 Å². The molecular weight excluding hydrogens is 373 g/mol. The molecule has 3 rings (SSSR count). The summed E-state index contributed by atoms with van der Waals surface area (Å²) < 4.78 is 0. The Hall–Kier alpha value is -1.30. The van der Waals surface area contributed by atoms with Gasteiger partial charge in [0.25, 0.3) is 5.91 Å². The fraction of sp³-hybridized carbons (Fsp3) is 0.579. The lowest BCUT2D eigenvalue weighted by Gasteiger charge is -2.23. The quantitative estimate of drug-likeness (QED) is 0.717. The number of hydrogen-bond donors (Lipinski definition) is 3. The lowest BCUT2D eigenvalue weighted by molar-refractivity contribution is -0.119. The van der Waals surface area contributed by atoms with Crippen LogP contribution in [0.2, 0.25) is 5.02 Å². The SMILES string of the molecule is Cl.NC1CCC(C(=O)Nc2ccc(Cl)c(C(=O)NC3CCCCC3)c2)C1. The summed E-state index contributed by atoms with van der Waals surface area (Å²) >= 11 is 6.20. The van der Waals surface area contributed by atoms with E-state index in [-0.39, 0.29) is 42.2 Å². The van der Waals surface area contributed by atoms with E-state index in [4.69, 9.17) is 17.3 Å². The van der Waals surface area contributed by atoms with Gasteiger partial charge in [-0.25, -0.2) is 0 Å². The molecule has 0 bridgehead atoms. The number of halogens is 2. The Morgan fingerprint density at radius 2 is 1.81 bits per heavy atom. The second kappa shape index (κ2) is 9.58. The minimum absolute atomic E-state index is 0. The van der Waals surface area contributed by atoms with E-state index in [9.17, 15) is 9.59 Å². The van der Waals surface area contributed by atoms with Gasteiger partial charge in [0.05, 0.1) is 10.6 Å². The molecule has 0 saturated heterocycles. The minimum atomic E-state index is -0.170. The molecule has 144 valence electrons. The third kappa shape index (κ3) is 5.35. The zero-order valence-electron chi connectivity index (χ0n) is 14.8. The molecule has 1 aromatic rings. The van der Waals surface area contributed by atoms with Crippen LogP contribution in [-0.2, 0) is 4.79 Å². The van der Waals surface area contributed by atoms with Gasteiger partial charge in [0, 0.05) is 23.7 Å². The Balaban J connectivity index is 0.00000243. The number of carbonyl (C=O) groups is 2. The molecule has 2 atom stereocenters. The maximum Gasteiger partial charge on any atom is 0.253 e. The van der Waals surface area contributed by atoms with Gasteiger partial charge >= 0.3 is 0 Å². The first-order valence-electron chi connectivity index (χ1n) is 9.20. The van der Waals surface area contributed by atoms with Crippen molar-refractivity contribution in [1.29, 1.82) is 0 Å². The van der Waals surface area contributed by atoms with Crippen LogP contribution in [0.3, 0.4) is 0 Å². The Morgan fingerprint density at radius 1 is 1.08 bits per heavy atom. The molecular formula is C19H27Cl2N3O2. The first-order chi connectivity index (χ1) is 12.0. The van der Waals surface area contributed by atoms with Crippen molar-refractivity contribution >= 4 is 41.5 Å². The fourth-order valence-electron chi connectivity index (χ4n) is 3.79. The smallest absolute Gasteiger partial charge is 0.253 e. The van der Waals surface area contributed by atoms with E-state index in [1.54, 1.807) is 18.2 Å². The number of nitrogens with two attached hydrogens (primary N) is 1. The molecule has 2 aliphatic carbocycles. The highest BCUT2D eigenvalue weighted by molar-refractivity contribution is 6.34. The minimum Gasteiger partial charge on any atom is -0.349 e. The van der Waals surface area contributed by atoms with Gasteiger partial charge in [-0.05, 0) is 50.3 Å². The highest BCUT2D eigenvalue weighted by Crippen LogP contribution is 2.27. The number of carbonyl (C=O) groups excluding carboxylic acids is 2. The summed E-state index contributed by atoms with van der Waals surface area (Å²) in [5, 5.41) is 6.36. The van der Waals surface area contributed by atoms with Gasteiger partial charge in [-0.2, -0.15) is 0 Å². The summed E-state index contributed by atoms with van der Waals surface area (Å²) in [4.78, 5) is 24.9. The summed E-state index contributed by atoms with van der Waals surface area (Å²) in [5.41, 5.74) is 6.89. The molecule has 0 aliphatic heterocycles. The summed E-state index contributed by atoms with van der Waals surface area (Å²) in [7, 11) is 0. The topological polar surface area (TPSA) is 84.2 Å². The van der Waals surface area contributed by atoms with Gasteiger partial charge in [-0.3, -0.25) is 9.59 Å². The zero-order valence-corrected chi connectivity index (χ0v) is 16.4. The summed E-state index contributed by atoms with van der Waals surface area (Å²) in [6.07, 6.45) is 7.98. The van der Waals surface area contributed by atoms with Gasteiger partial charge in [-0.1, -0.05) is 30.9 Å². The monoisotopic (exact) mass is 399 g/mol. The predicted molar refractivity (Wildman–Crippen MR) is 107 cm³/mol. The van der Waals surface area contributed by atoms with Gasteiger partial charge in [0.15, 0.2) is 0 Å². The van der Waals surface area contributed by atoms with Crippen LogP contribution in [0.1, 0.15) is 61.7 Å². The van der Waals surface area contributed by atoms with E-state index in [0.717, 1.165) is 38.5 Å². The maximum atomic E-state index is 12.5. The normalized spacial score (nSPS) is 23.2. The maximum absolute atomic E-state index is 12.5. The van der Waals surface area contributed by atoms with E-state index in [2.05, 4.69) is 10.6 Å². The third-order valence-corrected chi connectivity index (χ3v) is 5.59. The van der Waals surface area contributed by atoms with E-state index < -0.39 is 0 Å².